The molecule has 5 nitrogen and oxygen atoms in total. The number of nitrogens with zero attached hydrogens (tertiary/aromatic N) is 3. The van der Waals surface area contributed by atoms with Crippen molar-refractivity contribution >= 4 is 41.3 Å². The standard InChI is InChI=1S/C19H35N5S.HI/c1-5-20-18(22-11-14-24-12-7-6-8-13-24)21-10-9-17-23-16(15-25-17)19(2,3)4;/h15H,5-14H2,1-4H3,(H2,20,21,22);1H. The molecule has 150 valence electrons. The number of guanidine groups is 1. The molecule has 1 aliphatic rings. The molecule has 26 heavy (non-hydrogen) atoms. The first-order valence-electron chi connectivity index (χ1n) is 9.68. The fourth-order valence-corrected chi connectivity index (χ4v) is 3.91. The summed E-state index contributed by atoms with van der Waals surface area (Å²) in [6.45, 7) is 14.9. The van der Waals surface area contributed by atoms with Gasteiger partial charge >= 0.3 is 0 Å². The van der Waals surface area contributed by atoms with Gasteiger partial charge in [-0.3, -0.25) is 4.99 Å². The van der Waals surface area contributed by atoms with Crippen LogP contribution in [0.2, 0.25) is 0 Å². The molecule has 2 N–H and O–H groups in total. The molecule has 7 heteroatoms. The number of aromatic nitrogens is 1. The molecular weight excluding hydrogens is 457 g/mol. The Kier molecular flexibility index (Phi) is 11.0. The van der Waals surface area contributed by atoms with E-state index < -0.39 is 0 Å². The summed E-state index contributed by atoms with van der Waals surface area (Å²) in [5, 5.41) is 10.2. The van der Waals surface area contributed by atoms with E-state index in [1.54, 1.807) is 11.3 Å². The fourth-order valence-electron chi connectivity index (χ4n) is 2.89. The SMILES string of the molecule is CCNC(=NCCN1CCCCC1)NCCc1nc(C(C)(C)C)cs1.I. The zero-order valence-electron chi connectivity index (χ0n) is 16.8. The minimum atomic E-state index is 0. The highest BCUT2D eigenvalue weighted by Crippen LogP contribution is 2.23. The highest BCUT2D eigenvalue weighted by Gasteiger charge is 2.17. The Morgan fingerprint density at radius 1 is 1.23 bits per heavy atom. The molecule has 0 bridgehead atoms. The van der Waals surface area contributed by atoms with Crippen LogP contribution in [0.5, 0.6) is 0 Å². The fraction of sp³-hybridized carbons (Fsp3) is 0.789. The molecule has 0 aliphatic carbocycles. The van der Waals surface area contributed by atoms with Crippen molar-refractivity contribution < 1.29 is 0 Å². The van der Waals surface area contributed by atoms with Gasteiger partial charge in [-0.1, -0.05) is 27.2 Å². The van der Waals surface area contributed by atoms with E-state index >= 15 is 0 Å². The Labute approximate surface area is 180 Å². The van der Waals surface area contributed by atoms with Crippen LogP contribution in [0.1, 0.15) is 57.7 Å². The third-order valence-electron chi connectivity index (χ3n) is 4.43. The number of piperidine rings is 1. The van der Waals surface area contributed by atoms with Gasteiger partial charge < -0.3 is 15.5 Å². The van der Waals surface area contributed by atoms with Gasteiger partial charge in [-0.25, -0.2) is 4.98 Å². The van der Waals surface area contributed by atoms with Crippen molar-refractivity contribution in [3.63, 3.8) is 0 Å². The lowest BCUT2D eigenvalue weighted by Gasteiger charge is -2.25. The third-order valence-corrected chi connectivity index (χ3v) is 5.34. The van der Waals surface area contributed by atoms with Crippen molar-refractivity contribution in [3.8, 4) is 0 Å². The molecule has 0 spiro atoms. The van der Waals surface area contributed by atoms with Crippen molar-refractivity contribution in [3.05, 3.63) is 16.1 Å². The second-order valence-corrected chi connectivity index (χ2v) is 8.66. The van der Waals surface area contributed by atoms with Gasteiger partial charge in [0.1, 0.15) is 0 Å². The summed E-state index contributed by atoms with van der Waals surface area (Å²) >= 11 is 1.76. The van der Waals surface area contributed by atoms with Gasteiger partial charge in [0, 0.05) is 36.9 Å². The molecule has 1 aromatic rings. The summed E-state index contributed by atoms with van der Waals surface area (Å²) in [6, 6.07) is 0. The quantitative estimate of drug-likeness (QED) is 0.346. The van der Waals surface area contributed by atoms with Crippen molar-refractivity contribution in [2.24, 2.45) is 4.99 Å². The summed E-state index contributed by atoms with van der Waals surface area (Å²) < 4.78 is 0. The lowest BCUT2D eigenvalue weighted by molar-refractivity contribution is 0.235. The van der Waals surface area contributed by atoms with Gasteiger partial charge in [-0.15, -0.1) is 35.3 Å². The average Bonchev–Trinajstić information content (AvgIpc) is 3.05. The molecule has 1 saturated heterocycles. The van der Waals surface area contributed by atoms with Crippen LogP contribution in [0.3, 0.4) is 0 Å². The Bertz CT molecular complexity index is 532. The summed E-state index contributed by atoms with van der Waals surface area (Å²) in [5.41, 5.74) is 1.32. The first-order valence-corrected chi connectivity index (χ1v) is 10.6. The van der Waals surface area contributed by atoms with E-state index in [2.05, 4.69) is 48.6 Å². The van der Waals surface area contributed by atoms with Crippen LogP contribution in [0, 0.1) is 0 Å². The number of hydrogen-bond acceptors (Lipinski definition) is 4. The molecule has 0 amide bonds. The van der Waals surface area contributed by atoms with E-state index in [1.807, 2.05) is 0 Å². The lowest BCUT2D eigenvalue weighted by Crippen LogP contribution is -2.39. The maximum Gasteiger partial charge on any atom is 0.191 e. The molecule has 1 aliphatic heterocycles. The maximum atomic E-state index is 4.76. The van der Waals surface area contributed by atoms with Crippen LogP contribution in [0.15, 0.2) is 10.4 Å². The van der Waals surface area contributed by atoms with E-state index in [9.17, 15) is 0 Å². The van der Waals surface area contributed by atoms with E-state index in [-0.39, 0.29) is 29.4 Å². The molecule has 0 atom stereocenters. The van der Waals surface area contributed by atoms with Crippen LogP contribution >= 0.6 is 35.3 Å². The lowest BCUT2D eigenvalue weighted by atomic mass is 9.93. The number of thiazole rings is 1. The number of rotatable bonds is 7. The number of halogens is 1. The predicted octanol–water partition coefficient (Wildman–Crippen LogP) is 3.64. The minimum Gasteiger partial charge on any atom is -0.357 e. The zero-order valence-corrected chi connectivity index (χ0v) is 20.0. The van der Waals surface area contributed by atoms with Crippen molar-refractivity contribution in [1.82, 2.24) is 20.5 Å². The summed E-state index contributed by atoms with van der Waals surface area (Å²) in [6.07, 6.45) is 5.01. The number of hydrogen-bond donors (Lipinski definition) is 2. The molecule has 1 fully saturated rings. The number of likely N-dealkylation sites (tertiary alicyclic amines) is 1. The topological polar surface area (TPSA) is 52.6 Å². The van der Waals surface area contributed by atoms with Crippen LogP contribution in [0.4, 0.5) is 0 Å². The molecule has 2 rings (SSSR count). The molecule has 0 radical (unpaired) electrons. The summed E-state index contributed by atoms with van der Waals surface area (Å²) in [5.74, 6) is 0.923. The monoisotopic (exact) mass is 493 g/mol. The molecule has 0 unspecified atom stereocenters. The van der Waals surface area contributed by atoms with E-state index in [0.717, 1.165) is 38.6 Å². The van der Waals surface area contributed by atoms with Crippen LogP contribution in [0.25, 0.3) is 0 Å². The van der Waals surface area contributed by atoms with E-state index in [1.165, 1.54) is 43.1 Å². The first kappa shape index (κ1) is 23.6. The Balaban J connectivity index is 0.00000338. The summed E-state index contributed by atoms with van der Waals surface area (Å²) in [7, 11) is 0. The maximum absolute atomic E-state index is 4.76. The van der Waals surface area contributed by atoms with Crippen LogP contribution in [-0.4, -0.2) is 55.1 Å². The van der Waals surface area contributed by atoms with Crippen LogP contribution < -0.4 is 10.6 Å². The normalized spacial score (nSPS) is 16.2. The third kappa shape index (κ3) is 8.52. The number of aliphatic imine (C=N–C) groups is 1. The Morgan fingerprint density at radius 3 is 2.58 bits per heavy atom. The van der Waals surface area contributed by atoms with Crippen molar-refractivity contribution in [2.45, 2.75) is 58.8 Å². The smallest absolute Gasteiger partial charge is 0.191 e. The molecule has 1 aromatic heterocycles. The van der Waals surface area contributed by atoms with Gasteiger partial charge in [0.2, 0.25) is 0 Å². The van der Waals surface area contributed by atoms with Crippen molar-refractivity contribution in [1.29, 1.82) is 0 Å². The predicted molar refractivity (Wildman–Crippen MR) is 124 cm³/mol. The van der Waals surface area contributed by atoms with Gasteiger partial charge in [-0.2, -0.15) is 0 Å². The highest BCUT2D eigenvalue weighted by atomic mass is 127. The van der Waals surface area contributed by atoms with E-state index in [0.29, 0.717) is 0 Å². The van der Waals surface area contributed by atoms with Gasteiger partial charge in [-0.05, 0) is 32.9 Å². The van der Waals surface area contributed by atoms with Gasteiger partial charge in [0.15, 0.2) is 5.96 Å². The van der Waals surface area contributed by atoms with Crippen LogP contribution in [-0.2, 0) is 11.8 Å². The largest absolute Gasteiger partial charge is 0.357 e. The molecular formula is C19H36IN5S. The first-order chi connectivity index (χ1) is 12.0. The van der Waals surface area contributed by atoms with E-state index in [4.69, 9.17) is 9.98 Å². The molecule has 0 saturated carbocycles. The Morgan fingerprint density at radius 2 is 1.96 bits per heavy atom. The average molecular weight is 494 g/mol. The molecule has 2 heterocycles. The van der Waals surface area contributed by atoms with Gasteiger partial charge in [0.05, 0.1) is 17.2 Å². The minimum absolute atomic E-state index is 0. The zero-order chi connectivity index (χ0) is 18.1. The van der Waals surface area contributed by atoms with Gasteiger partial charge in [0.25, 0.3) is 0 Å². The Hall–Kier alpha value is -0.410. The second kappa shape index (κ2) is 12.1. The second-order valence-electron chi connectivity index (χ2n) is 7.72. The summed E-state index contributed by atoms with van der Waals surface area (Å²) in [4.78, 5) is 12.0. The molecule has 0 aromatic carbocycles. The van der Waals surface area contributed by atoms with Crippen molar-refractivity contribution in [2.75, 3.05) is 39.3 Å². The number of nitrogens with one attached hydrogen (secondary N) is 2. The highest BCUT2D eigenvalue weighted by molar-refractivity contribution is 14.0.